The Bertz CT molecular complexity index is 344. The minimum Gasteiger partial charge on any atom is -0.481 e. The summed E-state index contributed by atoms with van der Waals surface area (Å²) in [6, 6.07) is 8.33. The van der Waals surface area contributed by atoms with Gasteiger partial charge in [-0.25, -0.2) is 0 Å². The van der Waals surface area contributed by atoms with Crippen molar-refractivity contribution in [2.24, 2.45) is 5.92 Å². The fraction of sp³-hybridized carbons (Fsp3) is 0.500. The fourth-order valence-corrected chi connectivity index (χ4v) is 2.10. The molecule has 1 aromatic rings. The molecule has 0 heterocycles. The van der Waals surface area contributed by atoms with E-state index in [0.29, 0.717) is 0 Å². The van der Waals surface area contributed by atoms with E-state index in [2.05, 4.69) is 32.0 Å². The van der Waals surface area contributed by atoms with Gasteiger partial charge in [0.1, 0.15) is 0 Å². The molecule has 0 aliphatic carbocycles. The molecular formula is C14H20O2. The van der Waals surface area contributed by atoms with E-state index in [1.54, 1.807) is 0 Å². The van der Waals surface area contributed by atoms with Crippen molar-refractivity contribution in [3.63, 3.8) is 0 Å². The van der Waals surface area contributed by atoms with Crippen molar-refractivity contribution in [2.75, 3.05) is 0 Å². The number of carboxylic acids is 1. The molecule has 1 unspecified atom stereocenters. The van der Waals surface area contributed by atoms with Crippen molar-refractivity contribution in [2.45, 2.75) is 39.5 Å². The van der Waals surface area contributed by atoms with Crippen molar-refractivity contribution in [1.29, 1.82) is 0 Å². The molecule has 0 fully saturated rings. The van der Waals surface area contributed by atoms with Crippen LogP contribution in [-0.2, 0) is 11.2 Å². The lowest BCUT2D eigenvalue weighted by Crippen LogP contribution is -2.10. The van der Waals surface area contributed by atoms with E-state index in [4.69, 9.17) is 5.11 Å². The zero-order valence-corrected chi connectivity index (χ0v) is 10.1. The molecule has 0 aliphatic rings. The summed E-state index contributed by atoms with van der Waals surface area (Å²) in [5.74, 6) is -0.421. The smallest absolute Gasteiger partial charge is 0.303 e. The summed E-state index contributed by atoms with van der Waals surface area (Å²) < 4.78 is 0. The van der Waals surface area contributed by atoms with Gasteiger partial charge in [-0.1, -0.05) is 43.2 Å². The Hall–Kier alpha value is -1.31. The summed E-state index contributed by atoms with van der Waals surface area (Å²) in [5, 5.41) is 8.84. The van der Waals surface area contributed by atoms with Crippen LogP contribution in [-0.4, -0.2) is 11.1 Å². The summed E-state index contributed by atoms with van der Waals surface area (Å²) in [6.45, 7) is 4.17. The highest BCUT2D eigenvalue weighted by Gasteiger charge is 2.12. The average Bonchev–Trinajstić information content (AvgIpc) is 2.16. The predicted octanol–water partition coefficient (Wildman–Crippen LogP) is 3.43. The van der Waals surface area contributed by atoms with Gasteiger partial charge in [0.2, 0.25) is 0 Å². The molecule has 2 nitrogen and oxygen atoms in total. The van der Waals surface area contributed by atoms with Gasteiger partial charge in [-0.2, -0.15) is 0 Å². The molecule has 0 radical (unpaired) electrons. The molecule has 0 bridgehead atoms. The van der Waals surface area contributed by atoms with Crippen molar-refractivity contribution >= 4 is 5.97 Å². The summed E-state index contributed by atoms with van der Waals surface area (Å²) in [4.78, 5) is 10.7. The Morgan fingerprint density at radius 1 is 1.44 bits per heavy atom. The van der Waals surface area contributed by atoms with Gasteiger partial charge in [0.15, 0.2) is 0 Å². The summed E-state index contributed by atoms with van der Waals surface area (Å²) in [6.07, 6.45) is 3.19. The lowest BCUT2D eigenvalue weighted by atomic mass is 9.92. The van der Waals surface area contributed by atoms with Crippen LogP contribution in [0.2, 0.25) is 0 Å². The highest BCUT2D eigenvalue weighted by molar-refractivity contribution is 5.67. The molecule has 2 heteroatoms. The maximum Gasteiger partial charge on any atom is 0.303 e. The van der Waals surface area contributed by atoms with E-state index in [-0.39, 0.29) is 12.3 Å². The maximum absolute atomic E-state index is 10.7. The molecule has 0 aliphatic heterocycles. The molecule has 1 aromatic carbocycles. The molecule has 88 valence electrons. The van der Waals surface area contributed by atoms with Gasteiger partial charge in [-0.05, 0) is 31.2 Å². The van der Waals surface area contributed by atoms with E-state index >= 15 is 0 Å². The molecule has 1 N–H and O–H groups in total. The van der Waals surface area contributed by atoms with Crippen LogP contribution in [0.15, 0.2) is 24.3 Å². The van der Waals surface area contributed by atoms with Gasteiger partial charge >= 0.3 is 5.97 Å². The summed E-state index contributed by atoms with van der Waals surface area (Å²) in [7, 11) is 0. The van der Waals surface area contributed by atoms with Crippen LogP contribution in [0.25, 0.3) is 0 Å². The van der Waals surface area contributed by atoms with Crippen LogP contribution in [0.5, 0.6) is 0 Å². The van der Waals surface area contributed by atoms with E-state index in [0.717, 1.165) is 19.3 Å². The molecule has 0 aromatic heterocycles. The molecule has 1 atom stereocenters. The van der Waals surface area contributed by atoms with E-state index in [1.165, 1.54) is 11.1 Å². The topological polar surface area (TPSA) is 37.3 Å². The standard InChI is InChI=1S/C14H20O2/c1-3-5-12(10-14(15)16)9-13-7-4-6-11(2)8-13/h4,6-8,12H,3,5,9-10H2,1-2H3,(H,15,16). The third kappa shape index (κ3) is 4.47. The number of aryl methyl sites for hydroxylation is 1. The van der Waals surface area contributed by atoms with Crippen LogP contribution in [0, 0.1) is 12.8 Å². The van der Waals surface area contributed by atoms with Crippen LogP contribution in [0.4, 0.5) is 0 Å². The zero-order chi connectivity index (χ0) is 12.0. The number of hydrogen-bond acceptors (Lipinski definition) is 1. The van der Waals surface area contributed by atoms with Gasteiger partial charge in [-0.3, -0.25) is 4.79 Å². The van der Waals surface area contributed by atoms with Crippen LogP contribution in [0.1, 0.15) is 37.3 Å². The minimum absolute atomic E-state index is 0.268. The zero-order valence-electron chi connectivity index (χ0n) is 10.1. The van der Waals surface area contributed by atoms with Crippen LogP contribution in [0.3, 0.4) is 0 Å². The van der Waals surface area contributed by atoms with Crippen LogP contribution < -0.4 is 0 Å². The predicted molar refractivity (Wildman–Crippen MR) is 65.5 cm³/mol. The van der Waals surface area contributed by atoms with Crippen molar-refractivity contribution in [3.8, 4) is 0 Å². The number of aliphatic carboxylic acids is 1. The van der Waals surface area contributed by atoms with Gasteiger partial charge in [0.05, 0.1) is 0 Å². The first-order valence-electron chi connectivity index (χ1n) is 5.89. The van der Waals surface area contributed by atoms with E-state index in [9.17, 15) is 4.79 Å². The largest absolute Gasteiger partial charge is 0.481 e. The molecule has 0 amide bonds. The Balaban J connectivity index is 2.63. The molecule has 1 rings (SSSR count). The number of benzene rings is 1. The number of rotatable bonds is 6. The average molecular weight is 220 g/mol. The van der Waals surface area contributed by atoms with Crippen molar-refractivity contribution in [1.82, 2.24) is 0 Å². The van der Waals surface area contributed by atoms with Gasteiger partial charge in [0.25, 0.3) is 0 Å². The molecule has 0 spiro atoms. The lowest BCUT2D eigenvalue weighted by Gasteiger charge is -2.14. The first kappa shape index (κ1) is 12.8. The van der Waals surface area contributed by atoms with E-state index in [1.807, 2.05) is 6.07 Å². The van der Waals surface area contributed by atoms with Crippen molar-refractivity contribution < 1.29 is 9.90 Å². The van der Waals surface area contributed by atoms with E-state index < -0.39 is 5.97 Å². The Labute approximate surface area is 97.3 Å². The molecule has 0 saturated heterocycles. The fourth-order valence-electron chi connectivity index (χ4n) is 2.10. The van der Waals surface area contributed by atoms with Crippen molar-refractivity contribution in [3.05, 3.63) is 35.4 Å². The maximum atomic E-state index is 10.7. The summed E-state index contributed by atoms with van der Waals surface area (Å²) in [5.41, 5.74) is 2.49. The minimum atomic E-state index is -0.689. The second kappa shape index (κ2) is 6.31. The Kier molecular flexibility index (Phi) is 5.03. The number of carbonyl (C=O) groups is 1. The first-order chi connectivity index (χ1) is 7.61. The normalized spacial score (nSPS) is 12.4. The van der Waals surface area contributed by atoms with Crippen LogP contribution >= 0.6 is 0 Å². The highest BCUT2D eigenvalue weighted by atomic mass is 16.4. The third-order valence-electron chi connectivity index (χ3n) is 2.77. The molecule has 0 saturated carbocycles. The second-order valence-electron chi connectivity index (χ2n) is 4.45. The Morgan fingerprint density at radius 2 is 2.19 bits per heavy atom. The lowest BCUT2D eigenvalue weighted by molar-refractivity contribution is -0.138. The monoisotopic (exact) mass is 220 g/mol. The first-order valence-corrected chi connectivity index (χ1v) is 5.89. The SMILES string of the molecule is CCCC(CC(=O)O)Cc1cccc(C)c1. The molecule has 16 heavy (non-hydrogen) atoms. The highest BCUT2D eigenvalue weighted by Crippen LogP contribution is 2.18. The quantitative estimate of drug-likeness (QED) is 0.797. The molecular weight excluding hydrogens is 200 g/mol. The van der Waals surface area contributed by atoms with Gasteiger partial charge in [-0.15, -0.1) is 0 Å². The number of hydrogen-bond donors (Lipinski definition) is 1. The van der Waals surface area contributed by atoms with Gasteiger partial charge < -0.3 is 5.11 Å². The third-order valence-corrected chi connectivity index (χ3v) is 2.77. The number of carboxylic acid groups (broad SMARTS) is 1. The van der Waals surface area contributed by atoms with Gasteiger partial charge in [0, 0.05) is 6.42 Å². The Morgan fingerprint density at radius 3 is 2.75 bits per heavy atom. The second-order valence-corrected chi connectivity index (χ2v) is 4.45. The summed E-state index contributed by atoms with van der Waals surface area (Å²) >= 11 is 0.